The Morgan fingerprint density at radius 1 is 0.500 bits per heavy atom. The van der Waals surface area contributed by atoms with Gasteiger partial charge < -0.3 is 21.3 Å². The molecule has 1 unspecified atom stereocenters. The van der Waals surface area contributed by atoms with Crippen LogP contribution in [0.2, 0.25) is 0 Å². The van der Waals surface area contributed by atoms with E-state index in [-0.39, 0.29) is 23.6 Å². The molecule has 2 aliphatic heterocycles. The second kappa shape index (κ2) is 11.4. The smallest absolute Gasteiger partial charge is 0.244 e. The molecule has 2 aliphatic rings. The molecule has 0 aromatic heterocycles. The van der Waals surface area contributed by atoms with Crippen LogP contribution in [0.5, 0.6) is 0 Å². The highest BCUT2D eigenvalue weighted by molar-refractivity contribution is 8.76. The van der Waals surface area contributed by atoms with Gasteiger partial charge in [-0.05, 0) is 11.1 Å². The van der Waals surface area contributed by atoms with Crippen LogP contribution in [-0.4, -0.2) is 59.3 Å². The van der Waals surface area contributed by atoms with Gasteiger partial charge in [0.05, 0.1) is 0 Å². The SMILES string of the molecule is O=C1N[C@H](Cc2ccccc2)C(=O)NC1CSSC[C@@H]1NC(=O)[C@@H](Cc2ccccc2)NC1=O. The fourth-order valence-electron chi connectivity index (χ4n) is 3.81. The number of hydrogen-bond acceptors (Lipinski definition) is 6. The van der Waals surface area contributed by atoms with Gasteiger partial charge in [0, 0.05) is 24.3 Å². The standard InChI is InChI=1S/C24H26N4O4S2/c29-21-17(11-15-7-3-1-4-8-15)25-23(31)19(27-21)13-33-34-14-20-24(32)26-18(22(30)28-20)12-16-9-5-2-6-10-16/h1-10,17-20H,11-14H2,(H,25,31)(H,26,32)(H,27,29)(H,28,30)/t17-,18-,19+,20?/m1/s1. The van der Waals surface area contributed by atoms with Gasteiger partial charge in [-0.2, -0.15) is 0 Å². The fraction of sp³-hybridized carbons (Fsp3) is 0.333. The largest absolute Gasteiger partial charge is 0.342 e. The van der Waals surface area contributed by atoms with E-state index < -0.39 is 24.2 Å². The third-order valence-corrected chi connectivity index (χ3v) is 8.07. The lowest BCUT2D eigenvalue weighted by atomic mass is 10.0. The van der Waals surface area contributed by atoms with E-state index in [0.29, 0.717) is 24.3 Å². The zero-order valence-corrected chi connectivity index (χ0v) is 20.0. The molecule has 2 aromatic carbocycles. The van der Waals surface area contributed by atoms with Crippen LogP contribution >= 0.6 is 21.6 Å². The highest BCUT2D eigenvalue weighted by atomic mass is 33.1. The first-order valence-electron chi connectivity index (χ1n) is 11.0. The maximum absolute atomic E-state index is 12.4. The van der Waals surface area contributed by atoms with Crippen molar-refractivity contribution in [3.63, 3.8) is 0 Å². The van der Waals surface area contributed by atoms with Crippen molar-refractivity contribution in [1.29, 1.82) is 0 Å². The van der Waals surface area contributed by atoms with Gasteiger partial charge in [0.2, 0.25) is 23.6 Å². The van der Waals surface area contributed by atoms with Gasteiger partial charge >= 0.3 is 0 Å². The molecule has 4 atom stereocenters. The topological polar surface area (TPSA) is 116 Å². The van der Waals surface area contributed by atoms with Crippen LogP contribution < -0.4 is 21.3 Å². The summed E-state index contributed by atoms with van der Waals surface area (Å²) in [7, 11) is 2.76. The van der Waals surface area contributed by atoms with Gasteiger partial charge in [-0.3, -0.25) is 19.2 Å². The Kier molecular flexibility index (Phi) is 8.12. The summed E-state index contributed by atoms with van der Waals surface area (Å²) in [6.07, 6.45) is 0.879. The minimum absolute atomic E-state index is 0.206. The number of rotatable bonds is 9. The molecule has 0 radical (unpaired) electrons. The van der Waals surface area contributed by atoms with Crippen LogP contribution in [0, 0.1) is 0 Å². The number of carbonyl (C=O) groups is 4. The van der Waals surface area contributed by atoms with Crippen LogP contribution in [0.25, 0.3) is 0 Å². The Labute approximate surface area is 205 Å². The molecule has 0 spiro atoms. The fourth-order valence-corrected chi connectivity index (χ4v) is 6.13. The summed E-state index contributed by atoms with van der Waals surface area (Å²) in [4.78, 5) is 49.8. The number of hydrogen-bond donors (Lipinski definition) is 4. The Hall–Kier alpha value is -2.98. The molecule has 178 valence electrons. The molecule has 2 saturated heterocycles. The second-order valence-electron chi connectivity index (χ2n) is 8.19. The van der Waals surface area contributed by atoms with E-state index in [1.54, 1.807) is 0 Å². The third kappa shape index (κ3) is 6.32. The van der Waals surface area contributed by atoms with Gasteiger partial charge in [0.25, 0.3) is 0 Å². The quantitative estimate of drug-likeness (QED) is 0.301. The molecule has 34 heavy (non-hydrogen) atoms. The molecule has 2 aromatic rings. The van der Waals surface area contributed by atoms with Crippen LogP contribution in [0.15, 0.2) is 60.7 Å². The van der Waals surface area contributed by atoms with E-state index in [1.807, 2.05) is 60.7 Å². The lowest BCUT2D eigenvalue weighted by molar-refractivity contribution is -0.136. The first-order chi connectivity index (χ1) is 16.5. The van der Waals surface area contributed by atoms with E-state index in [1.165, 1.54) is 21.6 Å². The summed E-state index contributed by atoms with van der Waals surface area (Å²) in [6.45, 7) is 0. The maximum atomic E-state index is 12.4. The van der Waals surface area contributed by atoms with E-state index in [0.717, 1.165) is 11.1 Å². The van der Waals surface area contributed by atoms with Gasteiger partial charge in [-0.1, -0.05) is 82.3 Å². The Balaban J connectivity index is 1.18. The first-order valence-corrected chi connectivity index (χ1v) is 13.5. The summed E-state index contributed by atoms with van der Waals surface area (Å²) in [5, 5.41) is 11.2. The van der Waals surface area contributed by atoms with E-state index in [9.17, 15) is 19.2 Å². The first kappa shape index (κ1) is 24.2. The van der Waals surface area contributed by atoms with E-state index >= 15 is 0 Å². The number of nitrogens with one attached hydrogen (secondary N) is 4. The maximum Gasteiger partial charge on any atom is 0.244 e. The average molecular weight is 499 g/mol. The van der Waals surface area contributed by atoms with E-state index in [4.69, 9.17) is 0 Å². The third-order valence-electron chi connectivity index (χ3n) is 5.65. The molecule has 0 aliphatic carbocycles. The second-order valence-corrected chi connectivity index (χ2v) is 10.7. The molecule has 4 N–H and O–H groups in total. The average Bonchev–Trinajstić information content (AvgIpc) is 2.83. The van der Waals surface area contributed by atoms with Gasteiger partial charge in [-0.25, -0.2) is 0 Å². The monoisotopic (exact) mass is 498 g/mol. The Bertz CT molecular complexity index is 954. The molecule has 0 bridgehead atoms. The number of carbonyl (C=O) groups excluding carboxylic acids is 4. The molecule has 2 heterocycles. The van der Waals surface area contributed by atoms with Crippen molar-refractivity contribution in [3.8, 4) is 0 Å². The van der Waals surface area contributed by atoms with Crippen molar-refractivity contribution in [3.05, 3.63) is 71.8 Å². The van der Waals surface area contributed by atoms with Crippen molar-refractivity contribution in [2.75, 3.05) is 11.5 Å². The minimum atomic E-state index is -0.637. The summed E-state index contributed by atoms with van der Waals surface area (Å²) in [5.41, 5.74) is 1.95. The van der Waals surface area contributed by atoms with Crippen molar-refractivity contribution in [2.24, 2.45) is 0 Å². The summed E-state index contributed by atoms with van der Waals surface area (Å²) < 4.78 is 0. The van der Waals surface area contributed by atoms with Crippen LogP contribution in [0.4, 0.5) is 0 Å². The zero-order chi connectivity index (χ0) is 23.9. The Morgan fingerprint density at radius 3 is 1.21 bits per heavy atom. The van der Waals surface area contributed by atoms with Crippen LogP contribution in [0.1, 0.15) is 11.1 Å². The van der Waals surface area contributed by atoms with Gasteiger partial charge in [0.1, 0.15) is 24.2 Å². The number of piperazine rings is 2. The molecule has 10 heteroatoms. The lowest BCUT2D eigenvalue weighted by Gasteiger charge is -2.30. The summed E-state index contributed by atoms with van der Waals surface area (Å²) in [5.74, 6) is -0.134. The molecular formula is C24H26N4O4S2. The van der Waals surface area contributed by atoms with Crippen LogP contribution in [0.3, 0.4) is 0 Å². The van der Waals surface area contributed by atoms with Crippen molar-refractivity contribution in [1.82, 2.24) is 21.3 Å². The van der Waals surface area contributed by atoms with E-state index in [2.05, 4.69) is 21.3 Å². The highest BCUT2D eigenvalue weighted by Crippen LogP contribution is 2.24. The molecule has 8 nitrogen and oxygen atoms in total. The minimum Gasteiger partial charge on any atom is -0.342 e. The molecule has 4 rings (SSSR count). The Morgan fingerprint density at radius 2 is 0.824 bits per heavy atom. The normalized spacial score (nSPS) is 24.6. The van der Waals surface area contributed by atoms with Gasteiger partial charge in [0.15, 0.2) is 0 Å². The number of amides is 4. The summed E-state index contributed by atoms with van der Waals surface area (Å²) in [6, 6.07) is 16.6. The predicted molar refractivity (Wildman–Crippen MR) is 133 cm³/mol. The highest BCUT2D eigenvalue weighted by Gasteiger charge is 2.35. The molecule has 0 saturated carbocycles. The lowest BCUT2D eigenvalue weighted by Crippen LogP contribution is -2.63. The molecular weight excluding hydrogens is 472 g/mol. The predicted octanol–water partition coefficient (Wildman–Crippen LogP) is 0.820. The van der Waals surface area contributed by atoms with Gasteiger partial charge in [-0.15, -0.1) is 0 Å². The number of benzene rings is 2. The summed E-state index contributed by atoms with van der Waals surface area (Å²) >= 11 is 0. The molecule has 2 fully saturated rings. The van der Waals surface area contributed by atoms with Crippen molar-refractivity contribution < 1.29 is 19.2 Å². The van der Waals surface area contributed by atoms with Crippen molar-refractivity contribution in [2.45, 2.75) is 37.0 Å². The molecule has 4 amide bonds. The zero-order valence-electron chi connectivity index (χ0n) is 18.4. The van der Waals surface area contributed by atoms with Crippen molar-refractivity contribution >= 4 is 45.2 Å². The van der Waals surface area contributed by atoms with Crippen LogP contribution in [-0.2, 0) is 32.0 Å².